The fourth-order valence-corrected chi connectivity index (χ4v) is 3.46. The van der Waals surface area contributed by atoms with E-state index in [0.717, 1.165) is 17.7 Å². The van der Waals surface area contributed by atoms with Gasteiger partial charge in [-0.25, -0.2) is 0 Å². The SMILES string of the molecule is O=C(CC1CCOc2ccccc21)Nc1cc2c(cc1Cl)NC(=O)CO2. The number of benzene rings is 2. The fraction of sp³-hybridized carbons (Fsp3) is 0.263. The Morgan fingerprint density at radius 3 is 2.96 bits per heavy atom. The number of hydrogen-bond donors (Lipinski definition) is 2. The third-order valence-electron chi connectivity index (χ3n) is 4.49. The Hall–Kier alpha value is -2.73. The first-order valence-electron chi connectivity index (χ1n) is 8.38. The molecule has 2 aromatic carbocycles. The molecule has 0 saturated heterocycles. The first-order chi connectivity index (χ1) is 12.6. The molecule has 0 radical (unpaired) electrons. The third kappa shape index (κ3) is 3.32. The molecular formula is C19H17ClN2O4. The first-order valence-corrected chi connectivity index (χ1v) is 8.76. The van der Waals surface area contributed by atoms with Crippen molar-refractivity contribution in [3.05, 3.63) is 47.0 Å². The van der Waals surface area contributed by atoms with Gasteiger partial charge in [-0.05, 0) is 30.0 Å². The largest absolute Gasteiger partial charge is 0.493 e. The average Bonchev–Trinajstić information content (AvgIpc) is 2.63. The summed E-state index contributed by atoms with van der Waals surface area (Å²) in [6.07, 6.45) is 1.13. The number of para-hydroxylation sites is 1. The lowest BCUT2D eigenvalue weighted by Gasteiger charge is -2.25. The molecule has 0 bridgehead atoms. The minimum atomic E-state index is -0.233. The second-order valence-corrected chi connectivity index (χ2v) is 6.70. The molecular weight excluding hydrogens is 356 g/mol. The molecule has 2 aliphatic rings. The maximum atomic E-state index is 12.5. The minimum Gasteiger partial charge on any atom is -0.493 e. The molecule has 1 unspecified atom stereocenters. The number of amides is 2. The van der Waals surface area contributed by atoms with Crippen LogP contribution >= 0.6 is 11.6 Å². The number of fused-ring (bicyclic) bond motifs is 2. The third-order valence-corrected chi connectivity index (χ3v) is 4.80. The number of ether oxygens (including phenoxy) is 2. The van der Waals surface area contributed by atoms with Crippen molar-refractivity contribution in [2.45, 2.75) is 18.8 Å². The summed E-state index contributed by atoms with van der Waals surface area (Å²) in [4.78, 5) is 23.9. The second kappa shape index (κ2) is 6.88. The molecule has 0 aromatic heterocycles. The lowest BCUT2D eigenvalue weighted by atomic mass is 9.90. The highest BCUT2D eigenvalue weighted by Crippen LogP contribution is 2.38. The van der Waals surface area contributed by atoms with Gasteiger partial charge in [0.05, 0.1) is 23.0 Å². The number of carbonyl (C=O) groups is 2. The molecule has 2 heterocycles. The van der Waals surface area contributed by atoms with Gasteiger partial charge in [-0.15, -0.1) is 0 Å². The normalized spacial score (nSPS) is 17.9. The van der Waals surface area contributed by atoms with Crippen LogP contribution < -0.4 is 20.1 Å². The lowest BCUT2D eigenvalue weighted by molar-refractivity contribution is -0.119. The van der Waals surface area contributed by atoms with Gasteiger partial charge in [0, 0.05) is 12.5 Å². The van der Waals surface area contributed by atoms with E-state index < -0.39 is 0 Å². The van der Waals surface area contributed by atoms with Crippen LogP contribution in [0, 0.1) is 0 Å². The van der Waals surface area contributed by atoms with E-state index in [1.165, 1.54) is 0 Å². The smallest absolute Gasteiger partial charge is 0.262 e. The molecule has 26 heavy (non-hydrogen) atoms. The van der Waals surface area contributed by atoms with Crippen LogP contribution in [0.25, 0.3) is 0 Å². The summed E-state index contributed by atoms with van der Waals surface area (Å²) in [6, 6.07) is 11.0. The minimum absolute atomic E-state index is 0.0547. The predicted molar refractivity (Wildman–Crippen MR) is 98.1 cm³/mol. The van der Waals surface area contributed by atoms with Crippen molar-refractivity contribution in [3.63, 3.8) is 0 Å². The Kier molecular flexibility index (Phi) is 4.42. The Morgan fingerprint density at radius 2 is 2.08 bits per heavy atom. The molecule has 134 valence electrons. The van der Waals surface area contributed by atoms with Crippen LogP contribution in [0.3, 0.4) is 0 Å². The molecule has 0 spiro atoms. The van der Waals surface area contributed by atoms with Crippen LogP contribution in [0.4, 0.5) is 11.4 Å². The van der Waals surface area contributed by atoms with Gasteiger partial charge in [0.15, 0.2) is 6.61 Å². The Morgan fingerprint density at radius 1 is 1.23 bits per heavy atom. The summed E-state index contributed by atoms with van der Waals surface area (Å²) in [5.41, 5.74) is 2.02. The quantitative estimate of drug-likeness (QED) is 0.863. The molecule has 6 nitrogen and oxygen atoms in total. The Labute approximate surface area is 155 Å². The van der Waals surface area contributed by atoms with Crippen LogP contribution in [-0.4, -0.2) is 25.0 Å². The van der Waals surface area contributed by atoms with Crippen LogP contribution in [0.15, 0.2) is 36.4 Å². The van der Waals surface area contributed by atoms with E-state index in [0.29, 0.717) is 35.2 Å². The summed E-state index contributed by atoms with van der Waals surface area (Å²) in [5, 5.41) is 5.87. The van der Waals surface area contributed by atoms with Crippen molar-refractivity contribution in [1.82, 2.24) is 0 Å². The molecule has 2 N–H and O–H groups in total. The van der Waals surface area contributed by atoms with Crippen LogP contribution in [0.5, 0.6) is 11.5 Å². The molecule has 4 rings (SSSR count). The van der Waals surface area contributed by atoms with Crippen LogP contribution in [0.1, 0.15) is 24.3 Å². The van der Waals surface area contributed by atoms with Gasteiger partial charge in [-0.3, -0.25) is 9.59 Å². The van der Waals surface area contributed by atoms with Crippen molar-refractivity contribution in [1.29, 1.82) is 0 Å². The number of carbonyl (C=O) groups excluding carboxylic acids is 2. The molecule has 7 heteroatoms. The Bertz CT molecular complexity index is 884. The van der Waals surface area contributed by atoms with Gasteiger partial charge in [-0.2, -0.15) is 0 Å². The summed E-state index contributed by atoms with van der Waals surface area (Å²) in [7, 11) is 0. The summed E-state index contributed by atoms with van der Waals surface area (Å²) in [5.74, 6) is 1.07. The number of nitrogens with one attached hydrogen (secondary N) is 2. The second-order valence-electron chi connectivity index (χ2n) is 6.29. The van der Waals surface area contributed by atoms with Crippen molar-refractivity contribution in [3.8, 4) is 11.5 Å². The van der Waals surface area contributed by atoms with Gasteiger partial charge in [-0.1, -0.05) is 29.8 Å². The topological polar surface area (TPSA) is 76.7 Å². The standard InChI is InChI=1S/C19H17ClN2O4/c20-13-8-15-17(26-10-19(24)22-15)9-14(13)21-18(23)7-11-5-6-25-16-4-2-1-3-12(11)16/h1-4,8-9,11H,5-7,10H2,(H,21,23)(H,22,24). The van der Waals surface area contributed by atoms with Gasteiger partial charge in [0.2, 0.25) is 5.91 Å². The molecule has 2 aromatic rings. The van der Waals surface area contributed by atoms with Crippen molar-refractivity contribution in [2.75, 3.05) is 23.8 Å². The molecule has 0 saturated carbocycles. The highest BCUT2D eigenvalue weighted by Gasteiger charge is 2.24. The number of halogens is 1. The van der Waals surface area contributed by atoms with E-state index in [1.807, 2.05) is 24.3 Å². The highest BCUT2D eigenvalue weighted by molar-refractivity contribution is 6.34. The fourth-order valence-electron chi connectivity index (χ4n) is 3.25. The monoisotopic (exact) mass is 372 g/mol. The number of hydrogen-bond acceptors (Lipinski definition) is 4. The maximum Gasteiger partial charge on any atom is 0.262 e. The van der Waals surface area contributed by atoms with Gasteiger partial charge >= 0.3 is 0 Å². The summed E-state index contributed by atoms with van der Waals surface area (Å²) >= 11 is 6.24. The number of anilines is 2. The predicted octanol–water partition coefficient (Wildman–Crippen LogP) is 3.57. The van der Waals surface area contributed by atoms with Crippen LogP contribution in [0.2, 0.25) is 5.02 Å². The molecule has 2 aliphatic heterocycles. The van der Waals surface area contributed by atoms with Gasteiger partial charge < -0.3 is 20.1 Å². The first kappa shape index (κ1) is 16.7. The average molecular weight is 373 g/mol. The van der Waals surface area contributed by atoms with E-state index in [-0.39, 0.29) is 24.3 Å². The molecule has 2 amide bonds. The number of rotatable bonds is 3. The van der Waals surface area contributed by atoms with E-state index in [1.54, 1.807) is 12.1 Å². The maximum absolute atomic E-state index is 12.5. The van der Waals surface area contributed by atoms with Gasteiger partial charge in [0.25, 0.3) is 5.91 Å². The molecule has 0 aliphatic carbocycles. The van der Waals surface area contributed by atoms with Crippen molar-refractivity contribution >= 4 is 34.8 Å². The lowest BCUT2D eigenvalue weighted by Crippen LogP contribution is -2.25. The summed E-state index contributed by atoms with van der Waals surface area (Å²) in [6.45, 7) is 0.545. The van der Waals surface area contributed by atoms with E-state index in [4.69, 9.17) is 21.1 Å². The Balaban J connectivity index is 1.48. The van der Waals surface area contributed by atoms with Crippen molar-refractivity contribution in [2.24, 2.45) is 0 Å². The summed E-state index contributed by atoms with van der Waals surface area (Å²) < 4.78 is 11.0. The molecule has 0 fully saturated rings. The zero-order valence-corrected chi connectivity index (χ0v) is 14.6. The highest BCUT2D eigenvalue weighted by atomic mass is 35.5. The van der Waals surface area contributed by atoms with E-state index in [2.05, 4.69) is 10.6 Å². The zero-order chi connectivity index (χ0) is 18.1. The van der Waals surface area contributed by atoms with E-state index in [9.17, 15) is 9.59 Å². The molecule has 1 atom stereocenters. The zero-order valence-electron chi connectivity index (χ0n) is 13.9. The van der Waals surface area contributed by atoms with Crippen molar-refractivity contribution < 1.29 is 19.1 Å². The van der Waals surface area contributed by atoms with Gasteiger partial charge in [0.1, 0.15) is 11.5 Å². The van der Waals surface area contributed by atoms with Crippen LogP contribution in [-0.2, 0) is 9.59 Å². The van der Waals surface area contributed by atoms with E-state index >= 15 is 0 Å².